The smallest absolute Gasteiger partial charge is 0.407 e. The van der Waals surface area contributed by atoms with Crippen molar-refractivity contribution in [3.8, 4) is 11.5 Å². The molecule has 1 aromatic carbocycles. The molecular formula is C17H17ClFN3O4. The quantitative estimate of drug-likeness (QED) is 0.818. The molecule has 1 N–H and O–H groups in total. The molecule has 0 unspecified atom stereocenters. The van der Waals surface area contributed by atoms with Crippen LogP contribution in [0, 0.1) is 0 Å². The van der Waals surface area contributed by atoms with E-state index in [0.717, 1.165) is 17.7 Å². The molecule has 1 saturated carbocycles. The Labute approximate surface area is 153 Å². The molecule has 1 aliphatic heterocycles. The number of fused-ring (bicyclic) bond motifs is 1. The van der Waals surface area contributed by atoms with E-state index in [-0.39, 0.29) is 30.8 Å². The maximum atomic E-state index is 14.4. The second kappa shape index (κ2) is 6.75. The number of nitrogens with zero attached hydrogens (tertiary/aromatic N) is 3. The normalized spacial score (nSPS) is 23.1. The van der Waals surface area contributed by atoms with Crippen LogP contribution in [0.4, 0.5) is 9.18 Å². The van der Waals surface area contributed by atoms with E-state index < -0.39 is 18.4 Å². The summed E-state index contributed by atoms with van der Waals surface area (Å²) in [6.07, 6.45) is 0.370. The van der Waals surface area contributed by atoms with E-state index in [4.69, 9.17) is 26.2 Å². The van der Waals surface area contributed by atoms with Gasteiger partial charge >= 0.3 is 6.09 Å². The number of hydrogen-bond donors (Lipinski definition) is 1. The van der Waals surface area contributed by atoms with Crippen LogP contribution >= 0.6 is 11.6 Å². The summed E-state index contributed by atoms with van der Waals surface area (Å²) in [5.41, 5.74) is 0.616. The summed E-state index contributed by atoms with van der Waals surface area (Å²) in [6.45, 7) is 0.00689. The highest BCUT2D eigenvalue weighted by Crippen LogP contribution is 2.39. The number of amides is 1. The largest absolute Gasteiger partial charge is 0.486 e. The number of carbonyl (C=O) groups is 1. The molecule has 2 atom stereocenters. The Hall–Kier alpha value is -2.35. The van der Waals surface area contributed by atoms with Gasteiger partial charge in [-0.3, -0.25) is 0 Å². The molecule has 138 valence electrons. The van der Waals surface area contributed by atoms with Crippen molar-refractivity contribution in [2.45, 2.75) is 37.6 Å². The Kier molecular flexibility index (Phi) is 4.44. The molecule has 1 amide bonds. The SMILES string of the molecule is O=C(O)N1CC[C@@H](Oc2cc3c(Cl)ncnc3cc2OC2CC2)[C@H](F)C1. The van der Waals surface area contributed by atoms with E-state index in [9.17, 15) is 9.18 Å². The van der Waals surface area contributed by atoms with E-state index in [2.05, 4.69) is 9.97 Å². The highest BCUT2D eigenvalue weighted by Gasteiger charge is 2.34. The number of aromatic nitrogens is 2. The van der Waals surface area contributed by atoms with Crippen molar-refractivity contribution in [3.63, 3.8) is 0 Å². The summed E-state index contributed by atoms with van der Waals surface area (Å²) in [5, 5.41) is 9.86. The first-order valence-electron chi connectivity index (χ1n) is 8.41. The Balaban J connectivity index is 1.62. The molecule has 2 fully saturated rings. The van der Waals surface area contributed by atoms with Gasteiger partial charge in [-0.15, -0.1) is 0 Å². The van der Waals surface area contributed by atoms with Crippen LogP contribution in [0.1, 0.15) is 19.3 Å². The molecule has 7 nitrogen and oxygen atoms in total. The number of piperidine rings is 1. The lowest BCUT2D eigenvalue weighted by Gasteiger charge is -2.33. The second-order valence-electron chi connectivity index (χ2n) is 6.49. The van der Waals surface area contributed by atoms with Gasteiger partial charge in [-0.1, -0.05) is 11.6 Å². The molecule has 2 aromatic rings. The van der Waals surface area contributed by atoms with Gasteiger partial charge in [0.15, 0.2) is 17.7 Å². The van der Waals surface area contributed by atoms with E-state index in [1.165, 1.54) is 6.33 Å². The van der Waals surface area contributed by atoms with Gasteiger partial charge in [-0.2, -0.15) is 0 Å². The van der Waals surface area contributed by atoms with Gasteiger partial charge in [0.1, 0.15) is 17.6 Å². The number of benzene rings is 1. The lowest BCUT2D eigenvalue weighted by molar-refractivity contribution is 0.0233. The van der Waals surface area contributed by atoms with Gasteiger partial charge in [0.2, 0.25) is 0 Å². The number of alkyl halides is 1. The van der Waals surface area contributed by atoms with Crippen molar-refractivity contribution in [2.75, 3.05) is 13.1 Å². The molecule has 26 heavy (non-hydrogen) atoms. The third kappa shape index (κ3) is 3.46. The molecule has 2 heterocycles. The van der Waals surface area contributed by atoms with Crippen molar-refractivity contribution in [2.24, 2.45) is 0 Å². The maximum Gasteiger partial charge on any atom is 0.407 e. The third-order valence-corrected chi connectivity index (χ3v) is 4.80. The van der Waals surface area contributed by atoms with E-state index in [0.29, 0.717) is 22.4 Å². The summed E-state index contributed by atoms with van der Waals surface area (Å²) in [4.78, 5) is 20.2. The van der Waals surface area contributed by atoms with Gasteiger partial charge in [0, 0.05) is 24.4 Å². The summed E-state index contributed by atoms with van der Waals surface area (Å²) < 4.78 is 26.2. The standard InChI is InChI=1S/C17H17ClFN3O4/c18-16-10-5-14(26-13-3-4-22(17(23)24)7-11(13)19)15(25-9-1-2-9)6-12(10)20-8-21-16/h5-6,8-9,11,13H,1-4,7H2,(H,23,24)/t11-,13-/m1/s1. The van der Waals surface area contributed by atoms with Gasteiger partial charge in [0.05, 0.1) is 18.2 Å². The molecule has 1 aromatic heterocycles. The summed E-state index contributed by atoms with van der Waals surface area (Å²) >= 11 is 6.13. The van der Waals surface area contributed by atoms with Crippen molar-refractivity contribution >= 4 is 28.6 Å². The lowest BCUT2D eigenvalue weighted by atomic mass is 10.1. The Bertz CT molecular complexity index is 848. The van der Waals surface area contributed by atoms with Crippen molar-refractivity contribution in [1.82, 2.24) is 14.9 Å². The monoisotopic (exact) mass is 381 g/mol. The minimum absolute atomic E-state index is 0.127. The zero-order valence-electron chi connectivity index (χ0n) is 13.8. The Morgan fingerprint density at radius 3 is 2.69 bits per heavy atom. The fraction of sp³-hybridized carbons (Fsp3) is 0.471. The van der Waals surface area contributed by atoms with Crippen LogP contribution in [0.2, 0.25) is 5.15 Å². The first-order valence-corrected chi connectivity index (χ1v) is 8.78. The summed E-state index contributed by atoms with van der Waals surface area (Å²) in [7, 11) is 0. The molecule has 4 rings (SSSR count). The van der Waals surface area contributed by atoms with Crippen molar-refractivity contribution in [1.29, 1.82) is 0 Å². The van der Waals surface area contributed by atoms with E-state index in [1.54, 1.807) is 12.1 Å². The number of rotatable bonds is 4. The molecule has 0 radical (unpaired) electrons. The fourth-order valence-corrected chi connectivity index (χ4v) is 3.13. The minimum atomic E-state index is -1.42. The van der Waals surface area contributed by atoms with Crippen LogP contribution in [-0.4, -0.2) is 57.5 Å². The predicted molar refractivity (Wildman–Crippen MR) is 91.7 cm³/mol. The van der Waals surface area contributed by atoms with E-state index in [1.807, 2.05) is 0 Å². The minimum Gasteiger partial charge on any atom is -0.486 e. The number of ether oxygens (including phenoxy) is 2. The third-order valence-electron chi connectivity index (χ3n) is 4.50. The van der Waals surface area contributed by atoms with Gasteiger partial charge < -0.3 is 19.5 Å². The molecule has 0 spiro atoms. The number of likely N-dealkylation sites (tertiary alicyclic amines) is 1. The average Bonchev–Trinajstić information content (AvgIpc) is 3.41. The molecule has 2 aliphatic rings. The highest BCUT2D eigenvalue weighted by molar-refractivity contribution is 6.34. The lowest BCUT2D eigenvalue weighted by Crippen LogP contribution is -2.48. The van der Waals surface area contributed by atoms with Crippen LogP contribution in [-0.2, 0) is 0 Å². The molecule has 1 aliphatic carbocycles. The number of carboxylic acid groups (broad SMARTS) is 1. The van der Waals surface area contributed by atoms with Crippen LogP contribution in [0.25, 0.3) is 10.9 Å². The zero-order chi connectivity index (χ0) is 18.3. The summed E-state index contributed by atoms with van der Waals surface area (Å²) in [6, 6.07) is 3.38. The van der Waals surface area contributed by atoms with Crippen LogP contribution < -0.4 is 9.47 Å². The van der Waals surface area contributed by atoms with Crippen molar-refractivity contribution in [3.05, 3.63) is 23.6 Å². The number of halogens is 2. The predicted octanol–water partition coefficient (Wildman–Crippen LogP) is 3.29. The van der Waals surface area contributed by atoms with Gasteiger partial charge in [-0.25, -0.2) is 19.2 Å². The van der Waals surface area contributed by atoms with Crippen LogP contribution in [0.5, 0.6) is 11.5 Å². The Morgan fingerprint density at radius 2 is 2.00 bits per heavy atom. The zero-order valence-corrected chi connectivity index (χ0v) is 14.5. The molecular weight excluding hydrogens is 365 g/mol. The van der Waals surface area contributed by atoms with E-state index >= 15 is 0 Å². The summed E-state index contributed by atoms with van der Waals surface area (Å²) in [5.74, 6) is 0.861. The van der Waals surface area contributed by atoms with Crippen LogP contribution in [0.15, 0.2) is 18.5 Å². The maximum absolute atomic E-state index is 14.4. The van der Waals surface area contributed by atoms with Crippen LogP contribution in [0.3, 0.4) is 0 Å². The Morgan fingerprint density at radius 1 is 1.23 bits per heavy atom. The molecule has 0 bridgehead atoms. The average molecular weight is 382 g/mol. The highest BCUT2D eigenvalue weighted by atomic mass is 35.5. The number of hydrogen-bond acceptors (Lipinski definition) is 5. The molecule has 1 saturated heterocycles. The topological polar surface area (TPSA) is 84.8 Å². The van der Waals surface area contributed by atoms with Gasteiger partial charge in [-0.05, 0) is 18.9 Å². The first kappa shape index (κ1) is 17.1. The fourth-order valence-electron chi connectivity index (χ4n) is 2.94. The second-order valence-corrected chi connectivity index (χ2v) is 6.85. The van der Waals surface area contributed by atoms with Gasteiger partial charge in [0.25, 0.3) is 0 Å². The first-order chi connectivity index (χ1) is 12.5. The van der Waals surface area contributed by atoms with Crippen molar-refractivity contribution < 1.29 is 23.8 Å². The molecule has 9 heteroatoms.